The smallest absolute Gasteiger partial charge is 0.211 e. The van der Waals surface area contributed by atoms with Crippen molar-refractivity contribution < 1.29 is 8.42 Å². The molecule has 0 aliphatic heterocycles. The molecule has 0 radical (unpaired) electrons. The largest absolute Gasteiger partial charge is 0.212 e. The summed E-state index contributed by atoms with van der Waals surface area (Å²) in [6, 6.07) is 0. The van der Waals surface area contributed by atoms with E-state index in [0.29, 0.717) is 6.54 Å². The number of nitrogens with zero attached hydrogens (tertiary/aromatic N) is 1. The highest BCUT2D eigenvalue weighted by Crippen LogP contribution is 2.35. The molecule has 0 aliphatic carbocycles. The molecule has 0 spiro atoms. The van der Waals surface area contributed by atoms with Crippen LogP contribution in [0.4, 0.5) is 0 Å². The van der Waals surface area contributed by atoms with Gasteiger partial charge in [0.05, 0.1) is 6.26 Å². The Morgan fingerprint density at radius 2 is 1.14 bits per heavy atom. The Bertz CT molecular complexity index is 371. The van der Waals surface area contributed by atoms with E-state index in [1.54, 1.807) is 4.31 Å². The van der Waals surface area contributed by atoms with Gasteiger partial charge in [0.25, 0.3) is 0 Å². The topological polar surface area (TPSA) is 37.4 Å². The lowest BCUT2D eigenvalue weighted by molar-refractivity contribution is 0.131. The summed E-state index contributed by atoms with van der Waals surface area (Å²) in [5.74, 6) is 0. The van der Waals surface area contributed by atoms with E-state index in [-0.39, 0.29) is 38.6 Å². The van der Waals surface area contributed by atoms with Crippen molar-refractivity contribution in [1.29, 1.82) is 0 Å². The molecule has 0 saturated carbocycles. The van der Waals surface area contributed by atoms with Crippen LogP contribution >= 0.6 is 0 Å². The summed E-state index contributed by atoms with van der Waals surface area (Å²) in [6.45, 7) is 17.3. The van der Waals surface area contributed by atoms with Gasteiger partial charge >= 0.3 is 0 Å². The van der Waals surface area contributed by atoms with Gasteiger partial charge in [0.2, 0.25) is 10.0 Å². The highest BCUT2D eigenvalue weighted by Gasteiger charge is 2.36. The molecule has 4 heteroatoms. The van der Waals surface area contributed by atoms with E-state index in [1.807, 2.05) is 20.8 Å². The highest BCUT2D eigenvalue weighted by molar-refractivity contribution is 7.88. The number of hydrogen-bond acceptors (Lipinski definition) is 2. The summed E-state index contributed by atoms with van der Waals surface area (Å²) < 4.78 is 25.5. The van der Waals surface area contributed by atoms with Crippen LogP contribution in [-0.2, 0) is 10.0 Å². The number of sulfonamides is 1. The summed E-state index contributed by atoms with van der Waals surface area (Å²) in [7, 11) is -3.18. The second-order valence-corrected chi connectivity index (χ2v) is 10.2. The molecule has 0 unspecified atom stereocenters. The standard InChI is InChI=1S/C14H31NO2S.3CH4/c1-12(2,3)10-14(7,8)11-15(13(4,5)6)18(9,16)17;;;/h10-11H2,1-9H3;3*1H4. The zero-order chi connectivity index (χ0) is 15.0. The second kappa shape index (κ2) is 8.52. The van der Waals surface area contributed by atoms with Crippen molar-refractivity contribution in [3.05, 3.63) is 0 Å². The lowest BCUT2D eigenvalue weighted by Crippen LogP contribution is -2.49. The van der Waals surface area contributed by atoms with Gasteiger partial charge in [-0.3, -0.25) is 0 Å². The molecule has 0 aromatic rings. The van der Waals surface area contributed by atoms with E-state index >= 15 is 0 Å². The van der Waals surface area contributed by atoms with Gasteiger partial charge in [-0.15, -0.1) is 0 Å². The van der Waals surface area contributed by atoms with Crippen molar-refractivity contribution in [1.82, 2.24) is 4.31 Å². The lowest BCUT2D eigenvalue weighted by Gasteiger charge is -2.41. The van der Waals surface area contributed by atoms with E-state index < -0.39 is 10.0 Å². The summed E-state index contributed by atoms with van der Waals surface area (Å²) >= 11 is 0. The molecule has 0 atom stereocenters. The van der Waals surface area contributed by atoms with Gasteiger partial charge in [0.1, 0.15) is 0 Å². The van der Waals surface area contributed by atoms with Gasteiger partial charge in [-0.25, -0.2) is 8.42 Å². The van der Waals surface area contributed by atoms with Crippen LogP contribution in [0.25, 0.3) is 0 Å². The van der Waals surface area contributed by atoms with Crippen molar-refractivity contribution in [2.75, 3.05) is 12.8 Å². The molecule has 21 heavy (non-hydrogen) atoms. The molecule has 0 N–H and O–H groups in total. The monoisotopic (exact) mass is 325 g/mol. The summed E-state index contributed by atoms with van der Waals surface area (Å²) in [4.78, 5) is 0. The van der Waals surface area contributed by atoms with Crippen LogP contribution < -0.4 is 0 Å². The maximum Gasteiger partial charge on any atom is 0.211 e. The SMILES string of the molecule is C.C.C.CC(C)(C)CC(C)(C)CN(C(C)(C)C)S(C)(=O)=O. The Morgan fingerprint density at radius 3 is 1.33 bits per heavy atom. The van der Waals surface area contributed by atoms with Gasteiger partial charge in [0, 0.05) is 12.1 Å². The molecule has 0 amide bonds. The normalized spacial score (nSPS) is 13.0. The van der Waals surface area contributed by atoms with Crippen molar-refractivity contribution in [2.45, 2.75) is 89.6 Å². The van der Waals surface area contributed by atoms with Crippen LogP contribution in [0.15, 0.2) is 0 Å². The minimum absolute atomic E-state index is 0. The van der Waals surface area contributed by atoms with Crippen molar-refractivity contribution in [3.8, 4) is 0 Å². The van der Waals surface area contributed by atoms with Crippen LogP contribution in [0.1, 0.15) is 84.1 Å². The minimum Gasteiger partial charge on any atom is -0.212 e. The first kappa shape index (κ1) is 29.0. The zero-order valence-corrected chi connectivity index (χ0v) is 14.4. The first-order valence-corrected chi connectivity index (χ1v) is 8.37. The molecule has 0 aromatic carbocycles. The molecule has 3 nitrogen and oxygen atoms in total. The van der Waals surface area contributed by atoms with Gasteiger partial charge in [-0.2, -0.15) is 4.31 Å². The molecule has 0 aliphatic rings. The average Bonchev–Trinajstić information content (AvgIpc) is 1.90. The molecule has 0 saturated heterocycles. The first-order chi connectivity index (χ1) is 7.55. The van der Waals surface area contributed by atoms with Crippen LogP contribution in [0, 0.1) is 10.8 Å². The van der Waals surface area contributed by atoms with Crippen LogP contribution in [0.3, 0.4) is 0 Å². The molecular formula is C17H43NO2S. The van der Waals surface area contributed by atoms with Crippen LogP contribution in [0.2, 0.25) is 0 Å². The summed E-state index contributed by atoms with van der Waals surface area (Å²) in [6.07, 6.45) is 2.29. The average molecular weight is 326 g/mol. The van der Waals surface area contributed by atoms with Crippen LogP contribution in [0.5, 0.6) is 0 Å². The third kappa shape index (κ3) is 12.2. The van der Waals surface area contributed by atoms with Gasteiger partial charge in [0.15, 0.2) is 0 Å². The Kier molecular flexibility index (Phi) is 11.8. The predicted molar refractivity (Wildman–Crippen MR) is 99.3 cm³/mol. The Labute approximate surface area is 136 Å². The molecule has 0 heterocycles. The van der Waals surface area contributed by atoms with Crippen LogP contribution in [-0.4, -0.2) is 31.1 Å². The molecular weight excluding hydrogens is 282 g/mol. The third-order valence-corrected chi connectivity index (χ3v) is 4.21. The Balaban J connectivity index is -0.000000482. The minimum atomic E-state index is -3.18. The Morgan fingerprint density at radius 1 is 0.810 bits per heavy atom. The van der Waals surface area contributed by atoms with E-state index in [9.17, 15) is 8.42 Å². The van der Waals surface area contributed by atoms with Crippen molar-refractivity contribution >= 4 is 10.0 Å². The predicted octanol–water partition coefficient (Wildman–Crippen LogP) is 5.42. The summed E-state index contributed by atoms with van der Waals surface area (Å²) in [5, 5.41) is 0. The molecule has 0 aromatic heterocycles. The molecule has 134 valence electrons. The first-order valence-electron chi connectivity index (χ1n) is 6.52. The fourth-order valence-corrected chi connectivity index (χ4v) is 4.31. The lowest BCUT2D eigenvalue weighted by atomic mass is 9.76. The third-order valence-electron chi connectivity index (χ3n) is 2.73. The van der Waals surface area contributed by atoms with Crippen molar-refractivity contribution in [2.24, 2.45) is 10.8 Å². The zero-order valence-electron chi connectivity index (χ0n) is 13.6. The fraction of sp³-hybridized carbons (Fsp3) is 1.00. The fourth-order valence-electron chi connectivity index (χ4n) is 2.73. The van der Waals surface area contributed by atoms with E-state index in [0.717, 1.165) is 6.42 Å². The molecule has 0 bridgehead atoms. The summed E-state index contributed by atoms with van der Waals surface area (Å²) in [5.41, 5.74) is -0.206. The van der Waals surface area contributed by atoms with Gasteiger partial charge < -0.3 is 0 Å². The van der Waals surface area contributed by atoms with E-state index in [1.165, 1.54) is 6.26 Å². The number of rotatable bonds is 4. The quantitative estimate of drug-likeness (QED) is 0.692. The van der Waals surface area contributed by atoms with E-state index in [4.69, 9.17) is 0 Å². The van der Waals surface area contributed by atoms with Gasteiger partial charge in [-0.1, -0.05) is 56.9 Å². The van der Waals surface area contributed by atoms with Crippen molar-refractivity contribution in [3.63, 3.8) is 0 Å². The van der Waals surface area contributed by atoms with E-state index in [2.05, 4.69) is 34.6 Å². The van der Waals surface area contributed by atoms with Gasteiger partial charge in [-0.05, 0) is 38.0 Å². The second-order valence-electron chi connectivity index (χ2n) is 8.34. The Hall–Kier alpha value is -0.0900. The maximum atomic E-state index is 11.9. The maximum absolute atomic E-state index is 11.9. The molecule has 0 rings (SSSR count). The highest BCUT2D eigenvalue weighted by atomic mass is 32.2. The molecule has 0 fully saturated rings. The number of hydrogen-bond donors (Lipinski definition) is 0.